The largest absolute Gasteiger partial charge is 0.494 e. The molecule has 1 aromatic carbocycles. The summed E-state index contributed by atoms with van der Waals surface area (Å²) in [5, 5.41) is 12.2. The molecule has 1 aromatic rings. The average molecular weight is 251 g/mol. The molecule has 0 fully saturated rings. The number of rotatable bonds is 9. The van der Waals surface area contributed by atoms with Gasteiger partial charge in [-0.1, -0.05) is 19.1 Å². The first-order valence-corrected chi connectivity index (χ1v) is 6.85. The summed E-state index contributed by atoms with van der Waals surface area (Å²) < 4.78 is 5.66. The van der Waals surface area contributed by atoms with E-state index in [4.69, 9.17) is 9.84 Å². The Labute approximate surface area is 110 Å². The van der Waals surface area contributed by atoms with E-state index in [0.29, 0.717) is 12.6 Å². The van der Waals surface area contributed by atoms with Crippen LogP contribution in [0.25, 0.3) is 0 Å². The number of nitrogens with one attached hydrogen (secondary N) is 1. The lowest BCUT2D eigenvalue weighted by molar-refractivity contribution is 0.253. The molecule has 0 amide bonds. The first-order chi connectivity index (χ1) is 8.77. The zero-order valence-electron chi connectivity index (χ0n) is 11.5. The number of benzene rings is 1. The van der Waals surface area contributed by atoms with Crippen LogP contribution in [0, 0.1) is 0 Å². The normalized spacial score (nSPS) is 12.4. The van der Waals surface area contributed by atoms with Gasteiger partial charge in [0.1, 0.15) is 5.75 Å². The van der Waals surface area contributed by atoms with Gasteiger partial charge in [0.2, 0.25) is 0 Å². The minimum absolute atomic E-state index is 0.237. The highest BCUT2D eigenvalue weighted by molar-refractivity contribution is 5.30. The molecule has 2 N–H and O–H groups in total. The molecule has 0 spiro atoms. The molecule has 1 atom stereocenters. The lowest BCUT2D eigenvalue weighted by atomic mass is 10.1. The maximum Gasteiger partial charge on any atom is 0.119 e. The Kier molecular flexibility index (Phi) is 7.46. The smallest absolute Gasteiger partial charge is 0.119 e. The summed E-state index contributed by atoms with van der Waals surface area (Å²) in [5.74, 6) is 0.913. The van der Waals surface area contributed by atoms with Crippen molar-refractivity contribution in [3.63, 3.8) is 0 Å². The van der Waals surface area contributed by atoms with E-state index in [-0.39, 0.29) is 6.61 Å². The van der Waals surface area contributed by atoms with Gasteiger partial charge in [0.25, 0.3) is 0 Å². The van der Waals surface area contributed by atoms with Crippen LogP contribution in [0.4, 0.5) is 0 Å². The van der Waals surface area contributed by atoms with E-state index in [1.807, 2.05) is 12.1 Å². The highest BCUT2D eigenvalue weighted by Crippen LogP contribution is 2.19. The molecule has 0 aliphatic heterocycles. The third-order valence-corrected chi connectivity index (χ3v) is 2.88. The van der Waals surface area contributed by atoms with Crippen molar-refractivity contribution in [2.45, 2.75) is 39.2 Å². The van der Waals surface area contributed by atoms with Gasteiger partial charge < -0.3 is 15.2 Å². The fraction of sp³-hybridized carbons (Fsp3) is 0.600. The van der Waals surface area contributed by atoms with Crippen LogP contribution < -0.4 is 10.1 Å². The van der Waals surface area contributed by atoms with Crippen molar-refractivity contribution in [1.29, 1.82) is 0 Å². The number of aliphatic hydroxyl groups is 1. The van der Waals surface area contributed by atoms with Crippen molar-refractivity contribution >= 4 is 0 Å². The van der Waals surface area contributed by atoms with Crippen LogP contribution >= 0.6 is 0 Å². The lowest BCUT2D eigenvalue weighted by Gasteiger charge is -2.15. The van der Waals surface area contributed by atoms with Crippen molar-refractivity contribution in [3.8, 4) is 5.75 Å². The Morgan fingerprint density at radius 1 is 1.33 bits per heavy atom. The molecule has 0 saturated heterocycles. The number of ether oxygens (including phenoxy) is 1. The molecule has 1 rings (SSSR count). The number of hydrogen-bond donors (Lipinski definition) is 2. The third kappa shape index (κ3) is 5.52. The highest BCUT2D eigenvalue weighted by atomic mass is 16.5. The Hall–Kier alpha value is -1.06. The SMILES string of the molecule is CCCNC(C)c1cccc(OCCCCO)c1. The summed E-state index contributed by atoms with van der Waals surface area (Å²) in [4.78, 5) is 0. The molecule has 0 heterocycles. The summed E-state index contributed by atoms with van der Waals surface area (Å²) in [6, 6.07) is 8.57. The molecule has 102 valence electrons. The average Bonchev–Trinajstić information content (AvgIpc) is 2.41. The predicted octanol–water partition coefficient (Wildman–Crippen LogP) is 2.90. The number of hydrogen-bond acceptors (Lipinski definition) is 3. The van der Waals surface area contributed by atoms with E-state index >= 15 is 0 Å². The van der Waals surface area contributed by atoms with Crippen molar-refractivity contribution in [3.05, 3.63) is 29.8 Å². The molecular formula is C15H25NO2. The summed E-state index contributed by atoms with van der Waals surface area (Å²) in [7, 11) is 0. The molecule has 18 heavy (non-hydrogen) atoms. The minimum Gasteiger partial charge on any atom is -0.494 e. The predicted molar refractivity (Wildman–Crippen MR) is 75.0 cm³/mol. The van der Waals surface area contributed by atoms with Gasteiger partial charge in [-0.3, -0.25) is 0 Å². The fourth-order valence-electron chi connectivity index (χ4n) is 1.76. The summed E-state index contributed by atoms with van der Waals surface area (Å²) in [6.45, 7) is 6.27. The second kappa shape index (κ2) is 8.95. The van der Waals surface area contributed by atoms with Crippen LogP contribution in [0.2, 0.25) is 0 Å². The maximum absolute atomic E-state index is 8.70. The van der Waals surface area contributed by atoms with E-state index in [1.54, 1.807) is 0 Å². The van der Waals surface area contributed by atoms with Gasteiger partial charge in [0.15, 0.2) is 0 Å². The minimum atomic E-state index is 0.237. The Balaban J connectivity index is 2.45. The van der Waals surface area contributed by atoms with Crippen LogP contribution in [0.1, 0.15) is 44.7 Å². The van der Waals surface area contributed by atoms with Crippen molar-refractivity contribution < 1.29 is 9.84 Å². The van der Waals surface area contributed by atoms with Crippen LogP contribution in [-0.4, -0.2) is 24.9 Å². The summed E-state index contributed by atoms with van der Waals surface area (Å²) >= 11 is 0. The van der Waals surface area contributed by atoms with E-state index in [2.05, 4.69) is 31.3 Å². The molecule has 0 radical (unpaired) electrons. The first-order valence-electron chi connectivity index (χ1n) is 6.85. The second-order valence-corrected chi connectivity index (χ2v) is 4.53. The van der Waals surface area contributed by atoms with Crippen LogP contribution in [0.5, 0.6) is 5.75 Å². The number of unbranched alkanes of at least 4 members (excludes halogenated alkanes) is 1. The molecule has 0 aliphatic carbocycles. The molecule has 1 unspecified atom stereocenters. The van der Waals surface area contributed by atoms with Crippen molar-refractivity contribution in [2.24, 2.45) is 0 Å². The molecule has 3 nitrogen and oxygen atoms in total. The first kappa shape index (κ1) is 15.0. The topological polar surface area (TPSA) is 41.5 Å². The van der Waals surface area contributed by atoms with Crippen molar-refractivity contribution in [2.75, 3.05) is 19.8 Å². The van der Waals surface area contributed by atoms with E-state index < -0.39 is 0 Å². The Morgan fingerprint density at radius 3 is 2.89 bits per heavy atom. The summed E-state index contributed by atoms with van der Waals surface area (Å²) in [6.07, 6.45) is 2.83. The quantitative estimate of drug-likeness (QED) is 0.663. The van der Waals surface area contributed by atoms with E-state index in [1.165, 1.54) is 5.56 Å². The number of aliphatic hydroxyl groups excluding tert-OH is 1. The lowest BCUT2D eigenvalue weighted by Crippen LogP contribution is -2.19. The van der Waals surface area contributed by atoms with Crippen LogP contribution in [0.15, 0.2) is 24.3 Å². The highest BCUT2D eigenvalue weighted by Gasteiger charge is 2.05. The Bertz CT molecular complexity index is 328. The van der Waals surface area contributed by atoms with E-state index in [9.17, 15) is 0 Å². The van der Waals surface area contributed by atoms with Gasteiger partial charge in [-0.2, -0.15) is 0 Å². The molecular weight excluding hydrogens is 226 g/mol. The van der Waals surface area contributed by atoms with Crippen LogP contribution in [0.3, 0.4) is 0 Å². The standard InChI is InChI=1S/C15H25NO2/c1-3-9-16-13(2)14-7-6-8-15(12-14)18-11-5-4-10-17/h6-8,12-13,16-17H,3-5,9-11H2,1-2H3. The Morgan fingerprint density at radius 2 is 2.17 bits per heavy atom. The van der Waals surface area contributed by atoms with Gasteiger partial charge >= 0.3 is 0 Å². The zero-order valence-corrected chi connectivity index (χ0v) is 11.5. The monoisotopic (exact) mass is 251 g/mol. The maximum atomic E-state index is 8.70. The molecule has 0 saturated carbocycles. The van der Waals surface area contributed by atoms with E-state index in [0.717, 1.165) is 31.6 Å². The van der Waals surface area contributed by atoms with Gasteiger partial charge in [0, 0.05) is 12.6 Å². The van der Waals surface area contributed by atoms with Crippen molar-refractivity contribution in [1.82, 2.24) is 5.32 Å². The van der Waals surface area contributed by atoms with Gasteiger partial charge in [-0.15, -0.1) is 0 Å². The second-order valence-electron chi connectivity index (χ2n) is 4.53. The van der Waals surface area contributed by atoms with Gasteiger partial charge in [0.05, 0.1) is 6.61 Å². The molecule has 0 aliphatic rings. The molecule has 3 heteroatoms. The fourth-order valence-corrected chi connectivity index (χ4v) is 1.76. The molecule has 0 bridgehead atoms. The molecule has 0 aromatic heterocycles. The van der Waals surface area contributed by atoms with Gasteiger partial charge in [-0.25, -0.2) is 0 Å². The third-order valence-electron chi connectivity index (χ3n) is 2.88. The zero-order chi connectivity index (χ0) is 13.2. The van der Waals surface area contributed by atoms with Crippen LogP contribution in [-0.2, 0) is 0 Å². The van der Waals surface area contributed by atoms with Gasteiger partial charge in [-0.05, 0) is 50.4 Å². The summed E-state index contributed by atoms with van der Waals surface area (Å²) in [5.41, 5.74) is 1.25.